The number of nitrogens with zero attached hydrogens (tertiary/aromatic N) is 3. The van der Waals surface area contributed by atoms with Crippen LogP contribution in [0.5, 0.6) is 5.75 Å². The Balaban J connectivity index is 1.99. The average molecular weight is 495 g/mol. The quantitative estimate of drug-likeness (QED) is 0.456. The van der Waals surface area contributed by atoms with Gasteiger partial charge in [0.15, 0.2) is 16.7 Å². The second kappa shape index (κ2) is 9.21. The number of benzene rings is 2. The van der Waals surface area contributed by atoms with E-state index in [2.05, 4.69) is 6.58 Å². The fraction of sp³-hybridized carbons (Fsp3) is 0.304. The fourth-order valence-corrected chi connectivity index (χ4v) is 4.09. The molecule has 3 rings (SSSR count). The first-order chi connectivity index (χ1) is 15.8. The molecule has 1 saturated heterocycles. The Bertz CT molecular complexity index is 1180. The minimum atomic E-state index is -4.75. The van der Waals surface area contributed by atoms with Crippen molar-refractivity contribution in [1.29, 1.82) is 5.26 Å². The Hall–Kier alpha value is -3.20. The maximum Gasteiger partial charge on any atom is 0.417 e. The maximum atomic E-state index is 14.7. The Morgan fingerprint density at radius 2 is 1.85 bits per heavy atom. The molecule has 0 spiro atoms. The number of ether oxygens (including phenoxy) is 1. The summed E-state index contributed by atoms with van der Waals surface area (Å²) in [5.41, 5.74) is -1.84. The minimum Gasteiger partial charge on any atom is -0.488 e. The number of hydrogen-bond acceptors (Lipinski definition) is 5. The largest absolute Gasteiger partial charge is 0.488 e. The van der Waals surface area contributed by atoms with Crippen molar-refractivity contribution in [3.05, 3.63) is 65.6 Å². The van der Waals surface area contributed by atoms with Gasteiger partial charge in [-0.3, -0.25) is 4.90 Å². The summed E-state index contributed by atoms with van der Waals surface area (Å²) in [5, 5.41) is 27.4. The molecule has 0 amide bonds. The molecule has 1 atom stereocenters. The van der Waals surface area contributed by atoms with Crippen molar-refractivity contribution in [2.24, 2.45) is 0 Å². The first-order valence-corrected chi connectivity index (χ1v) is 10.4. The lowest BCUT2D eigenvalue weighted by molar-refractivity contribution is -0.137. The average Bonchev–Trinajstić information content (AvgIpc) is 2.95. The van der Waals surface area contributed by atoms with Crippen molar-refractivity contribution < 1.29 is 32.5 Å². The number of nitriles is 1. The Kier molecular flexibility index (Phi) is 6.89. The molecule has 1 fully saturated rings. The lowest BCUT2D eigenvalue weighted by Gasteiger charge is -2.31. The molecule has 0 aliphatic carbocycles. The molecular weight excluding hydrogens is 474 g/mol. The van der Waals surface area contributed by atoms with Crippen LogP contribution in [-0.2, 0) is 6.18 Å². The van der Waals surface area contributed by atoms with Gasteiger partial charge in [0.2, 0.25) is 0 Å². The SMILES string of the molecule is C=C1N(c2ccc(C#N)c(C(F)(F)F)c2)C(=S)N(c2ccc(OCC(O)CO)c(F)c2)C1(C)C. The summed E-state index contributed by atoms with van der Waals surface area (Å²) in [4.78, 5) is 2.90. The van der Waals surface area contributed by atoms with Gasteiger partial charge in [-0.15, -0.1) is 0 Å². The zero-order valence-electron chi connectivity index (χ0n) is 18.2. The molecule has 0 saturated carbocycles. The number of rotatable bonds is 6. The number of aliphatic hydroxyl groups excluding tert-OH is 2. The van der Waals surface area contributed by atoms with Crippen LogP contribution in [0.25, 0.3) is 0 Å². The van der Waals surface area contributed by atoms with Crippen LogP contribution in [0.15, 0.2) is 48.7 Å². The molecule has 34 heavy (non-hydrogen) atoms. The van der Waals surface area contributed by atoms with Crippen LogP contribution in [0.1, 0.15) is 25.0 Å². The third-order valence-electron chi connectivity index (χ3n) is 5.42. The van der Waals surface area contributed by atoms with Crippen molar-refractivity contribution >= 4 is 28.7 Å². The van der Waals surface area contributed by atoms with Crippen molar-refractivity contribution in [2.75, 3.05) is 23.0 Å². The summed E-state index contributed by atoms with van der Waals surface area (Å²) >= 11 is 5.56. The van der Waals surface area contributed by atoms with E-state index in [9.17, 15) is 22.7 Å². The highest BCUT2D eigenvalue weighted by molar-refractivity contribution is 7.80. The van der Waals surface area contributed by atoms with E-state index < -0.39 is 41.4 Å². The topological polar surface area (TPSA) is 80.0 Å². The Labute approximate surface area is 198 Å². The molecule has 1 unspecified atom stereocenters. The van der Waals surface area contributed by atoms with Crippen molar-refractivity contribution in [2.45, 2.75) is 31.7 Å². The molecule has 11 heteroatoms. The van der Waals surface area contributed by atoms with E-state index >= 15 is 0 Å². The normalized spacial score (nSPS) is 16.6. The summed E-state index contributed by atoms with van der Waals surface area (Å²) in [6.45, 7) is 6.61. The predicted molar refractivity (Wildman–Crippen MR) is 122 cm³/mol. The molecule has 1 aliphatic heterocycles. The van der Waals surface area contributed by atoms with Gasteiger partial charge in [-0.05, 0) is 56.4 Å². The van der Waals surface area contributed by atoms with E-state index in [1.165, 1.54) is 29.2 Å². The van der Waals surface area contributed by atoms with Gasteiger partial charge >= 0.3 is 6.18 Å². The van der Waals surface area contributed by atoms with E-state index in [1.807, 2.05) is 0 Å². The minimum absolute atomic E-state index is 0.0651. The standard InChI is InChI=1S/C23H21F4N3O3S/c1-13-22(2,3)30(16-6-7-20(19(24)9-16)33-12-17(32)11-31)21(34)29(13)15-5-4-14(10-28)18(8-15)23(25,26)27/h4-9,17,31-32H,1,11-12H2,2-3H3. The second-order valence-corrected chi connectivity index (χ2v) is 8.43. The van der Waals surface area contributed by atoms with Gasteiger partial charge in [-0.25, -0.2) is 4.39 Å². The molecule has 0 bridgehead atoms. The predicted octanol–water partition coefficient (Wildman–Crippen LogP) is 4.35. The van der Waals surface area contributed by atoms with Gasteiger partial charge in [0.1, 0.15) is 12.7 Å². The molecule has 0 aromatic heterocycles. The van der Waals surface area contributed by atoms with Crippen molar-refractivity contribution in [3.63, 3.8) is 0 Å². The van der Waals surface area contributed by atoms with Gasteiger partial charge in [0.05, 0.1) is 29.3 Å². The van der Waals surface area contributed by atoms with Crippen LogP contribution in [0.3, 0.4) is 0 Å². The second-order valence-electron chi connectivity index (χ2n) is 8.06. The molecule has 2 N–H and O–H groups in total. The summed E-state index contributed by atoms with van der Waals surface area (Å²) in [6.07, 6.45) is -5.92. The summed E-state index contributed by atoms with van der Waals surface area (Å²) in [7, 11) is 0. The Morgan fingerprint density at radius 1 is 1.21 bits per heavy atom. The van der Waals surface area contributed by atoms with Gasteiger partial charge < -0.3 is 19.8 Å². The van der Waals surface area contributed by atoms with Crippen molar-refractivity contribution in [1.82, 2.24) is 0 Å². The van der Waals surface area contributed by atoms with Crippen LogP contribution in [-0.4, -0.2) is 40.2 Å². The highest BCUT2D eigenvalue weighted by Gasteiger charge is 2.46. The summed E-state index contributed by atoms with van der Waals surface area (Å²) < 4.78 is 60.3. The monoisotopic (exact) mass is 495 g/mol. The highest BCUT2D eigenvalue weighted by atomic mass is 32.1. The maximum absolute atomic E-state index is 14.7. The van der Waals surface area contributed by atoms with E-state index in [4.69, 9.17) is 27.3 Å². The zero-order chi connectivity index (χ0) is 25.4. The van der Waals surface area contributed by atoms with Crippen molar-refractivity contribution in [3.8, 4) is 11.8 Å². The van der Waals surface area contributed by atoms with E-state index in [0.29, 0.717) is 11.4 Å². The third-order valence-corrected chi connectivity index (χ3v) is 5.79. The molecule has 1 heterocycles. The van der Waals surface area contributed by atoms with Crippen LogP contribution in [0.4, 0.5) is 28.9 Å². The lowest BCUT2D eigenvalue weighted by atomic mass is 9.99. The number of thiocarbonyl (C=S) groups is 1. The van der Waals surface area contributed by atoms with E-state index in [1.54, 1.807) is 18.7 Å². The van der Waals surface area contributed by atoms with E-state index in [0.717, 1.165) is 18.2 Å². The van der Waals surface area contributed by atoms with Gasteiger partial charge in [0.25, 0.3) is 0 Å². The molecule has 0 radical (unpaired) electrons. The molecule has 2 aromatic carbocycles. The molecule has 6 nitrogen and oxygen atoms in total. The summed E-state index contributed by atoms with van der Waals surface area (Å²) in [6, 6.07) is 8.75. The first kappa shape index (κ1) is 25.4. The van der Waals surface area contributed by atoms with Gasteiger partial charge in [-0.1, -0.05) is 6.58 Å². The fourth-order valence-electron chi connectivity index (χ4n) is 3.54. The Morgan fingerprint density at radius 3 is 2.41 bits per heavy atom. The molecular formula is C23H21F4N3O3S. The van der Waals surface area contributed by atoms with Crippen LogP contribution in [0.2, 0.25) is 0 Å². The number of anilines is 2. The van der Waals surface area contributed by atoms with Gasteiger partial charge in [-0.2, -0.15) is 18.4 Å². The lowest BCUT2D eigenvalue weighted by Crippen LogP contribution is -2.41. The smallest absolute Gasteiger partial charge is 0.417 e. The number of alkyl halides is 3. The highest BCUT2D eigenvalue weighted by Crippen LogP contribution is 2.43. The molecule has 1 aliphatic rings. The molecule has 2 aromatic rings. The van der Waals surface area contributed by atoms with Crippen LogP contribution < -0.4 is 14.5 Å². The first-order valence-electron chi connectivity index (χ1n) is 9.99. The summed E-state index contributed by atoms with van der Waals surface area (Å²) in [5.74, 6) is -0.917. The zero-order valence-corrected chi connectivity index (χ0v) is 19.0. The van der Waals surface area contributed by atoms with Gasteiger partial charge in [0, 0.05) is 23.1 Å². The number of aliphatic hydroxyl groups is 2. The third kappa shape index (κ3) is 4.57. The van der Waals surface area contributed by atoms with E-state index in [-0.39, 0.29) is 23.2 Å². The number of halogens is 4. The van der Waals surface area contributed by atoms with Crippen LogP contribution in [0, 0.1) is 17.1 Å². The van der Waals surface area contributed by atoms with Crippen LogP contribution >= 0.6 is 12.2 Å². The number of hydrogen-bond donors (Lipinski definition) is 2. The molecule has 180 valence electrons.